The second-order valence-corrected chi connectivity index (χ2v) is 6.12. The van der Waals surface area contributed by atoms with E-state index in [9.17, 15) is 0 Å². The molecule has 0 radical (unpaired) electrons. The van der Waals surface area contributed by atoms with Gasteiger partial charge in [0.05, 0.1) is 19.3 Å². The molecule has 0 saturated carbocycles. The highest BCUT2D eigenvalue weighted by Crippen LogP contribution is 2.26. The van der Waals surface area contributed by atoms with Gasteiger partial charge in [0.15, 0.2) is 17.0 Å². The van der Waals surface area contributed by atoms with Crippen LogP contribution in [-0.2, 0) is 4.74 Å². The summed E-state index contributed by atoms with van der Waals surface area (Å²) in [6, 6.07) is 10.0. The summed E-state index contributed by atoms with van der Waals surface area (Å²) in [5, 5.41) is 8.96. The lowest BCUT2D eigenvalue weighted by atomic mass is 10.1. The highest BCUT2D eigenvalue weighted by atomic mass is 16.5. The fourth-order valence-electron chi connectivity index (χ4n) is 3.32. The standard InChI is InChI=1S/C18H21N5O2/c24-9-10-25-15-7-4-8-22(11-15)17-16-18(20-12-19-17)23(13-21-16)14-5-2-1-3-6-14/h1-3,5-6,12-13,15,24H,4,7-11H2. The van der Waals surface area contributed by atoms with E-state index in [1.807, 2.05) is 34.9 Å². The SMILES string of the molecule is OCCOC1CCCN(c2ncnc3c2ncn3-c2ccccc2)C1. The molecule has 3 aromatic rings. The fraction of sp³-hybridized carbons (Fsp3) is 0.389. The molecule has 0 amide bonds. The number of anilines is 1. The van der Waals surface area contributed by atoms with E-state index in [0.29, 0.717) is 6.61 Å². The van der Waals surface area contributed by atoms with Gasteiger partial charge in [0.2, 0.25) is 0 Å². The number of fused-ring (bicyclic) bond motifs is 1. The minimum Gasteiger partial charge on any atom is -0.394 e. The highest BCUT2D eigenvalue weighted by molar-refractivity contribution is 5.84. The number of hydrogen-bond donors (Lipinski definition) is 1. The molecule has 3 heterocycles. The summed E-state index contributed by atoms with van der Waals surface area (Å²) >= 11 is 0. The first-order chi connectivity index (χ1) is 12.4. The van der Waals surface area contributed by atoms with Gasteiger partial charge in [-0.15, -0.1) is 0 Å². The first kappa shape index (κ1) is 16.0. The molecular weight excluding hydrogens is 318 g/mol. The number of ether oxygens (including phenoxy) is 1. The van der Waals surface area contributed by atoms with Crippen molar-refractivity contribution in [3.05, 3.63) is 43.0 Å². The summed E-state index contributed by atoms with van der Waals surface area (Å²) in [6.07, 6.45) is 5.53. The van der Waals surface area contributed by atoms with Crippen molar-refractivity contribution in [1.82, 2.24) is 19.5 Å². The average molecular weight is 339 g/mol. The molecule has 0 spiro atoms. The molecule has 25 heavy (non-hydrogen) atoms. The summed E-state index contributed by atoms with van der Waals surface area (Å²) in [5.41, 5.74) is 2.63. The summed E-state index contributed by atoms with van der Waals surface area (Å²) in [5.74, 6) is 0.844. The summed E-state index contributed by atoms with van der Waals surface area (Å²) < 4.78 is 7.69. The lowest BCUT2D eigenvalue weighted by molar-refractivity contribution is 0.0214. The molecule has 1 aliphatic rings. The van der Waals surface area contributed by atoms with E-state index in [0.717, 1.165) is 48.6 Å². The number of nitrogens with zero attached hydrogens (tertiary/aromatic N) is 5. The van der Waals surface area contributed by atoms with Crippen LogP contribution in [0.5, 0.6) is 0 Å². The Labute approximate surface area is 145 Å². The van der Waals surface area contributed by atoms with Gasteiger partial charge >= 0.3 is 0 Å². The van der Waals surface area contributed by atoms with Crippen molar-refractivity contribution in [3.8, 4) is 5.69 Å². The molecule has 130 valence electrons. The van der Waals surface area contributed by atoms with Crippen LogP contribution in [0.3, 0.4) is 0 Å². The molecule has 0 aliphatic carbocycles. The predicted octanol–water partition coefficient (Wildman–Crippen LogP) is 1.79. The summed E-state index contributed by atoms with van der Waals surface area (Å²) in [6.45, 7) is 2.10. The van der Waals surface area contributed by atoms with Crippen molar-refractivity contribution >= 4 is 17.0 Å². The Morgan fingerprint density at radius 2 is 2.04 bits per heavy atom. The van der Waals surface area contributed by atoms with Gasteiger partial charge in [0, 0.05) is 18.8 Å². The number of aliphatic hydroxyl groups is 1. The first-order valence-electron chi connectivity index (χ1n) is 8.57. The third-order valence-corrected chi connectivity index (χ3v) is 4.47. The largest absolute Gasteiger partial charge is 0.394 e. The van der Waals surface area contributed by atoms with Crippen molar-refractivity contribution in [1.29, 1.82) is 0 Å². The number of para-hydroxylation sites is 1. The number of benzene rings is 1. The molecule has 1 atom stereocenters. The minimum absolute atomic E-state index is 0.0513. The quantitative estimate of drug-likeness (QED) is 0.764. The van der Waals surface area contributed by atoms with E-state index in [1.54, 1.807) is 12.7 Å². The van der Waals surface area contributed by atoms with Crippen molar-refractivity contribution < 1.29 is 9.84 Å². The Hall–Kier alpha value is -2.51. The fourth-order valence-corrected chi connectivity index (χ4v) is 3.32. The maximum absolute atomic E-state index is 8.96. The normalized spacial score (nSPS) is 18.0. The van der Waals surface area contributed by atoms with Crippen molar-refractivity contribution in [2.24, 2.45) is 0 Å². The predicted molar refractivity (Wildman–Crippen MR) is 94.9 cm³/mol. The highest BCUT2D eigenvalue weighted by Gasteiger charge is 2.24. The second kappa shape index (κ2) is 7.16. The van der Waals surface area contributed by atoms with E-state index >= 15 is 0 Å². The van der Waals surface area contributed by atoms with E-state index in [1.165, 1.54) is 0 Å². The van der Waals surface area contributed by atoms with Crippen LogP contribution in [0.2, 0.25) is 0 Å². The van der Waals surface area contributed by atoms with Gasteiger partial charge in [0.1, 0.15) is 12.7 Å². The number of imidazole rings is 1. The van der Waals surface area contributed by atoms with Crippen LogP contribution in [0.1, 0.15) is 12.8 Å². The third kappa shape index (κ3) is 3.20. The molecular formula is C18H21N5O2. The van der Waals surface area contributed by atoms with Crippen LogP contribution in [-0.4, -0.2) is 57.0 Å². The van der Waals surface area contributed by atoms with Gasteiger partial charge < -0.3 is 14.7 Å². The zero-order valence-electron chi connectivity index (χ0n) is 14.0. The van der Waals surface area contributed by atoms with Gasteiger partial charge in [-0.1, -0.05) is 18.2 Å². The van der Waals surface area contributed by atoms with Gasteiger partial charge in [-0.05, 0) is 25.0 Å². The molecule has 1 N–H and O–H groups in total. The summed E-state index contributed by atoms with van der Waals surface area (Å²) in [7, 11) is 0. The molecule has 0 bridgehead atoms. The van der Waals surface area contributed by atoms with Gasteiger partial charge in [-0.3, -0.25) is 4.57 Å². The van der Waals surface area contributed by atoms with Crippen LogP contribution in [0.4, 0.5) is 5.82 Å². The Morgan fingerprint density at radius 3 is 2.88 bits per heavy atom. The molecule has 1 saturated heterocycles. The number of rotatable bonds is 5. The molecule has 7 heteroatoms. The van der Waals surface area contributed by atoms with Gasteiger partial charge in [-0.25, -0.2) is 15.0 Å². The van der Waals surface area contributed by atoms with Crippen LogP contribution < -0.4 is 4.90 Å². The zero-order chi connectivity index (χ0) is 17.1. The molecule has 2 aromatic heterocycles. The number of hydrogen-bond acceptors (Lipinski definition) is 6. The Morgan fingerprint density at radius 1 is 1.16 bits per heavy atom. The van der Waals surface area contributed by atoms with Crippen LogP contribution in [0.15, 0.2) is 43.0 Å². The maximum atomic E-state index is 8.96. The Kier molecular flexibility index (Phi) is 4.58. The van der Waals surface area contributed by atoms with Gasteiger partial charge in [0.25, 0.3) is 0 Å². The molecule has 1 unspecified atom stereocenters. The molecule has 1 aliphatic heterocycles. The first-order valence-corrected chi connectivity index (χ1v) is 8.57. The van der Waals surface area contributed by atoms with Crippen molar-refractivity contribution in [3.63, 3.8) is 0 Å². The van der Waals surface area contributed by atoms with E-state index in [4.69, 9.17) is 9.84 Å². The lowest BCUT2D eigenvalue weighted by Crippen LogP contribution is -2.40. The van der Waals surface area contributed by atoms with E-state index in [2.05, 4.69) is 19.9 Å². The molecule has 1 fully saturated rings. The molecule has 4 rings (SSSR count). The molecule has 7 nitrogen and oxygen atoms in total. The zero-order valence-corrected chi connectivity index (χ0v) is 14.0. The monoisotopic (exact) mass is 339 g/mol. The molecule has 1 aromatic carbocycles. The van der Waals surface area contributed by atoms with Gasteiger partial charge in [-0.2, -0.15) is 0 Å². The number of piperidine rings is 1. The third-order valence-electron chi connectivity index (χ3n) is 4.47. The summed E-state index contributed by atoms with van der Waals surface area (Å²) in [4.78, 5) is 15.7. The minimum atomic E-state index is 0.0513. The maximum Gasteiger partial charge on any atom is 0.170 e. The van der Waals surface area contributed by atoms with E-state index < -0.39 is 0 Å². The lowest BCUT2D eigenvalue weighted by Gasteiger charge is -2.33. The topological polar surface area (TPSA) is 76.3 Å². The second-order valence-electron chi connectivity index (χ2n) is 6.12. The number of aromatic nitrogens is 4. The van der Waals surface area contributed by atoms with Crippen LogP contribution in [0.25, 0.3) is 16.9 Å². The Balaban J connectivity index is 1.65. The van der Waals surface area contributed by atoms with Crippen LogP contribution in [0, 0.1) is 0 Å². The van der Waals surface area contributed by atoms with E-state index in [-0.39, 0.29) is 12.7 Å². The van der Waals surface area contributed by atoms with Crippen LogP contribution >= 0.6 is 0 Å². The van der Waals surface area contributed by atoms with Crippen molar-refractivity contribution in [2.45, 2.75) is 18.9 Å². The Bertz CT molecular complexity index is 836. The number of aliphatic hydroxyl groups excluding tert-OH is 1. The smallest absolute Gasteiger partial charge is 0.170 e. The van der Waals surface area contributed by atoms with Crippen molar-refractivity contribution in [2.75, 3.05) is 31.2 Å². The average Bonchev–Trinajstić information content (AvgIpc) is 3.11.